The topological polar surface area (TPSA) is 50.1 Å². The second-order valence-corrected chi connectivity index (χ2v) is 5.40. The predicted molar refractivity (Wildman–Crippen MR) is 88.5 cm³/mol. The first kappa shape index (κ1) is 18.0. The molecule has 1 rings (SSSR count). The molecule has 0 aliphatic heterocycles. The molecule has 3 heteroatoms. The van der Waals surface area contributed by atoms with Gasteiger partial charge in [-0.25, -0.2) is 4.79 Å². The molecular formula is C19H25NO2. The highest BCUT2D eigenvalue weighted by molar-refractivity contribution is 5.84. The van der Waals surface area contributed by atoms with Crippen molar-refractivity contribution in [1.29, 1.82) is 5.26 Å². The van der Waals surface area contributed by atoms with E-state index in [-0.39, 0.29) is 0 Å². The Morgan fingerprint density at radius 2 is 1.73 bits per heavy atom. The summed E-state index contributed by atoms with van der Waals surface area (Å²) in [4.78, 5) is 11.3. The van der Waals surface area contributed by atoms with E-state index in [1.165, 1.54) is 50.5 Å². The number of unbranched alkanes of at least 4 members (excludes halogenated alkanes) is 6. The van der Waals surface area contributed by atoms with Crippen molar-refractivity contribution in [3.05, 3.63) is 42.0 Å². The molecular weight excluding hydrogens is 274 g/mol. The molecule has 0 saturated heterocycles. The molecule has 1 aromatic carbocycles. The van der Waals surface area contributed by atoms with E-state index in [0.29, 0.717) is 5.75 Å². The number of rotatable bonds is 10. The Hall–Kier alpha value is -2.08. The average molecular weight is 299 g/mol. The minimum absolute atomic E-state index is 0.510. The largest absolute Gasteiger partial charge is 0.423 e. The van der Waals surface area contributed by atoms with Crippen LogP contribution in [0.4, 0.5) is 0 Å². The molecule has 0 unspecified atom stereocenters. The summed E-state index contributed by atoms with van der Waals surface area (Å²) in [5, 5.41) is 8.34. The van der Waals surface area contributed by atoms with Crippen molar-refractivity contribution in [2.45, 2.75) is 58.3 Å². The van der Waals surface area contributed by atoms with Crippen molar-refractivity contribution in [3.63, 3.8) is 0 Å². The third-order valence-corrected chi connectivity index (χ3v) is 3.50. The summed E-state index contributed by atoms with van der Waals surface area (Å²) in [6, 6.07) is 9.34. The van der Waals surface area contributed by atoms with Crippen molar-refractivity contribution in [2.75, 3.05) is 0 Å². The Kier molecular flexibility index (Phi) is 9.45. The molecule has 1 aromatic rings. The summed E-state index contributed by atoms with van der Waals surface area (Å²) >= 11 is 0. The van der Waals surface area contributed by atoms with Crippen LogP contribution in [0.3, 0.4) is 0 Å². The van der Waals surface area contributed by atoms with E-state index in [4.69, 9.17) is 10.00 Å². The molecule has 0 aromatic heterocycles. The van der Waals surface area contributed by atoms with Crippen LogP contribution in [0.2, 0.25) is 0 Å². The van der Waals surface area contributed by atoms with Gasteiger partial charge in [-0.05, 0) is 30.5 Å². The van der Waals surface area contributed by atoms with Crippen LogP contribution in [0.15, 0.2) is 36.4 Å². The number of benzene rings is 1. The molecule has 0 saturated carbocycles. The van der Waals surface area contributed by atoms with Crippen LogP contribution in [0, 0.1) is 11.3 Å². The van der Waals surface area contributed by atoms with E-state index in [2.05, 4.69) is 6.92 Å². The fourth-order valence-corrected chi connectivity index (χ4v) is 2.27. The average Bonchev–Trinajstić information content (AvgIpc) is 2.53. The highest BCUT2D eigenvalue weighted by Gasteiger charge is 2.01. The van der Waals surface area contributed by atoms with Gasteiger partial charge in [0, 0.05) is 12.2 Å². The van der Waals surface area contributed by atoms with Crippen LogP contribution in [0.5, 0.6) is 5.75 Å². The van der Waals surface area contributed by atoms with Gasteiger partial charge < -0.3 is 4.74 Å². The van der Waals surface area contributed by atoms with Crippen molar-refractivity contribution in [3.8, 4) is 11.8 Å². The summed E-state index contributed by atoms with van der Waals surface area (Å²) in [5.74, 6) is -0.0164. The van der Waals surface area contributed by atoms with Crippen molar-refractivity contribution in [1.82, 2.24) is 0 Å². The van der Waals surface area contributed by atoms with Gasteiger partial charge in [0.15, 0.2) is 0 Å². The fraction of sp³-hybridized carbons (Fsp3) is 0.474. The van der Waals surface area contributed by atoms with Gasteiger partial charge in [0.1, 0.15) is 5.75 Å². The molecule has 0 heterocycles. The SMILES string of the molecule is CCCCCCCCCc1ccc(OC(=O)C=CC#N)cc1. The highest BCUT2D eigenvalue weighted by Crippen LogP contribution is 2.15. The molecule has 0 radical (unpaired) electrons. The van der Waals surface area contributed by atoms with E-state index in [1.807, 2.05) is 12.1 Å². The number of nitriles is 1. The third-order valence-electron chi connectivity index (χ3n) is 3.50. The Balaban J connectivity index is 2.23. The van der Waals surface area contributed by atoms with Gasteiger partial charge in [-0.3, -0.25) is 0 Å². The second kappa shape index (κ2) is 11.6. The van der Waals surface area contributed by atoms with Crippen LogP contribution < -0.4 is 4.74 Å². The minimum Gasteiger partial charge on any atom is -0.423 e. The monoisotopic (exact) mass is 299 g/mol. The number of hydrogen-bond donors (Lipinski definition) is 0. The first-order chi connectivity index (χ1) is 10.8. The van der Waals surface area contributed by atoms with Crippen LogP contribution in [0.1, 0.15) is 57.4 Å². The lowest BCUT2D eigenvalue weighted by atomic mass is 10.0. The number of esters is 1. The van der Waals surface area contributed by atoms with Gasteiger partial charge in [-0.15, -0.1) is 0 Å². The first-order valence-corrected chi connectivity index (χ1v) is 8.13. The van der Waals surface area contributed by atoms with Crippen LogP contribution >= 0.6 is 0 Å². The molecule has 0 atom stereocenters. The number of hydrogen-bond acceptors (Lipinski definition) is 3. The Labute approximate surface area is 133 Å². The number of carbonyl (C=O) groups excluding carboxylic acids is 1. The van der Waals surface area contributed by atoms with Gasteiger partial charge in [0.05, 0.1) is 6.07 Å². The first-order valence-electron chi connectivity index (χ1n) is 8.13. The van der Waals surface area contributed by atoms with Gasteiger partial charge >= 0.3 is 5.97 Å². The zero-order valence-corrected chi connectivity index (χ0v) is 13.4. The molecule has 0 N–H and O–H groups in total. The number of aryl methyl sites for hydroxylation is 1. The zero-order chi connectivity index (χ0) is 16.0. The third kappa shape index (κ3) is 8.26. The maximum absolute atomic E-state index is 11.3. The normalized spacial score (nSPS) is 10.5. The van der Waals surface area contributed by atoms with Crippen LogP contribution in [-0.4, -0.2) is 5.97 Å². The summed E-state index contributed by atoms with van der Waals surface area (Å²) in [6.45, 7) is 2.24. The quantitative estimate of drug-likeness (QED) is 0.202. The molecule has 0 aliphatic carbocycles. The standard InChI is InChI=1S/C19H25NO2/c1-2-3-4-5-6-7-8-10-17-12-14-18(15-13-17)22-19(21)11-9-16-20/h9,11-15H,2-8,10H2,1H3. The number of carbonyl (C=O) groups is 1. The highest BCUT2D eigenvalue weighted by atomic mass is 16.5. The maximum Gasteiger partial charge on any atom is 0.336 e. The summed E-state index contributed by atoms with van der Waals surface area (Å²) < 4.78 is 5.08. The molecule has 0 fully saturated rings. The predicted octanol–water partition coefficient (Wildman–Crippen LogP) is 4.96. The molecule has 118 valence electrons. The van der Waals surface area contributed by atoms with Gasteiger partial charge in [0.2, 0.25) is 0 Å². The summed E-state index contributed by atoms with van der Waals surface area (Å²) in [7, 11) is 0. The number of nitrogens with zero attached hydrogens (tertiary/aromatic N) is 1. The minimum atomic E-state index is -0.527. The Morgan fingerprint density at radius 1 is 1.09 bits per heavy atom. The van der Waals surface area contributed by atoms with Gasteiger partial charge in [0.25, 0.3) is 0 Å². The van der Waals surface area contributed by atoms with E-state index >= 15 is 0 Å². The Morgan fingerprint density at radius 3 is 2.36 bits per heavy atom. The van der Waals surface area contributed by atoms with E-state index < -0.39 is 5.97 Å². The lowest BCUT2D eigenvalue weighted by Gasteiger charge is -2.04. The summed E-state index contributed by atoms with van der Waals surface area (Å²) in [5.41, 5.74) is 1.26. The van der Waals surface area contributed by atoms with Crippen LogP contribution in [0.25, 0.3) is 0 Å². The van der Waals surface area contributed by atoms with Crippen molar-refractivity contribution >= 4 is 5.97 Å². The second-order valence-electron chi connectivity index (χ2n) is 5.40. The Bertz CT molecular complexity index is 497. The van der Waals surface area contributed by atoms with E-state index in [0.717, 1.165) is 18.6 Å². The zero-order valence-electron chi connectivity index (χ0n) is 13.4. The van der Waals surface area contributed by atoms with Gasteiger partial charge in [-0.1, -0.05) is 57.6 Å². The smallest absolute Gasteiger partial charge is 0.336 e. The lowest BCUT2D eigenvalue weighted by molar-refractivity contribution is -0.128. The maximum atomic E-state index is 11.3. The van der Waals surface area contributed by atoms with Gasteiger partial charge in [-0.2, -0.15) is 5.26 Å². The van der Waals surface area contributed by atoms with E-state index in [9.17, 15) is 4.79 Å². The van der Waals surface area contributed by atoms with Crippen LogP contribution in [-0.2, 0) is 11.2 Å². The molecule has 0 spiro atoms. The molecule has 0 bridgehead atoms. The molecule has 0 aliphatic rings. The molecule has 22 heavy (non-hydrogen) atoms. The molecule has 0 amide bonds. The molecule has 3 nitrogen and oxygen atoms in total. The van der Waals surface area contributed by atoms with E-state index in [1.54, 1.807) is 18.2 Å². The number of allylic oxidation sites excluding steroid dienone is 1. The van der Waals surface area contributed by atoms with Crippen molar-refractivity contribution < 1.29 is 9.53 Å². The number of ether oxygens (including phenoxy) is 1. The summed E-state index contributed by atoms with van der Waals surface area (Å²) in [6.07, 6.45) is 12.4. The fourth-order valence-electron chi connectivity index (χ4n) is 2.27. The lowest BCUT2D eigenvalue weighted by Crippen LogP contribution is -2.03. The van der Waals surface area contributed by atoms with Crippen molar-refractivity contribution in [2.24, 2.45) is 0 Å².